The lowest BCUT2D eigenvalue weighted by Crippen LogP contribution is -2.40. The van der Waals surface area contributed by atoms with Crippen LogP contribution >= 0.6 is 0 Å². The topological polar surface area (TPSA) is 52.9 Å². The maximum Gasteiger partial charge on any atom is 0.413 e. The Balaban J connectivity index is 1.88. The Kier molecular flexibility index (Phi) is 6.68. The van der Waals surface area contributed by atoms with Gasteiger partial charge < -0.3 is 5.11 Å². The van der Waals surface area contributed by atoms with Crippen LogP contribution in [-0.2, 0) is 0 Å². The van der Waals surface area contributed by atoms with Crippen molar-refractivity contribution in [2.45, 2.75) is 39.9 Å². The maximum absolute atomic E-state index is 11.5. The molecule has 0 spiro atoms. The van der Waals surface area contributed by atoms with Crippen molar-refractivity contribution in [3.05, 3.63) is 69.8 Å². The highest BCUT2D eigenvalue weighted by Gasteiger charge is 2.22. The summed E-state index contributed by atoms with van der Waals surface area (Å²) in [5.74, 6) is 10.4. The van der Waals surface area contributed by atoms with Gasteiger partial charge in [-0.05, 0) is 61.7 Å². The van der Waals surface area contributed by atoms with Gasteiger partial charge in [-0.15, -0.1) is 5.54 Å². The van der Waals surface area contributed by atoms with E-state index in [2.05, 4.69) is 67.0 Å². The lowest BCUT2D eigenvalue weighted by Gasteiger charge is -2.25. The monoisotopic (exact) mass is 428 g/mol. The van der Waals surface area contributed by atoms with Gasteiger partial charge >= 0.3 is 6.09 Å². The van der Waals surface area contributed by atoms with Crippen molar-refractivity contribution >= 4 is 20.0 Å². The van der Waals surface area contributed by atoms with Crippen molar-refractivity contribution < 1.29 is 9.90 Å². The number of hydrogen-bond donors (Lipinski definition) is 1. The van der Waals surface area contributed by atoms with Gasteiger partial charge in [0.2, 0.25) is 0 Å². The Hall–Kier alpha value is -3.28. The molecule has 0 atom stereocenters. The lowest BCUT2D eigenvalue weighted by atomic mass is 10.0. The van der Waals surface area contributed by atoms with E-state index >= 15 is 0 Å². The van der Waals surface area contributed by atoms with Crippen LogP contribution < -0.4 is 0 Å². The van der Waals surface area contributed by atoms with Gasteiger partial charge in [-0.25, -0.2) is 4.79 Å². The van der Waals surface area contributed by atoms with Crippen LogP contribution in [0.15, 0.2) is 41.4 Å². The number of amides is 1. The van der Waals surface area contributed by atoms with E-state index in [0.29, 0.717) is 18.9 Å². The highest BCUT2D eigenvalue weighted by atomic mass is 28.3. The quantitative estimate of drug-likeness (QED) is 0.510. The third-order valence-corrected chi connectivity index (χ3v) is 5.65. The summed E-state index contributed by atoms with van der Waals surface area (Å²) in [5.41, 5.74) is 9.21. The third kappa shape index (κ3) is 6.10. The number of amidine groups is 1. The van der Waals surface area contributed by atoms with E-state index in [4.69, 9.17) is 0 Å². The first-order valence-corrected chi connectivity index (χ1v) is 14.0. The van der Waals surface area contributed by atoms with Gasteiger partial charge in [-0.3, -0.25) is 9.89 Å². The van der Waals surface area contributed by atoms with Crippen LogP contribution in [-0.4, -0.2) is 43.1 Å². The minimum absolute atomic E-state index is 0.477. The molecule has 0 aromatic heterocycles. The Morgan fingerprint density at radius 1 is 1.03 bits per heavy atom. The molecule has 1 heterocycles. The fourth-order valence-corrected chi connectivity index (χ4v) is 3.83. The van der Waals surface area contributed by atoms with E-state index in [9.17, 15) is 9.90 Å². The largest absolute Gasteiger partial charge is 0.465 e. The van der Waals surface area contributed by atoms with Gasteiger partial charge in [-0.2, -0.15) is 0 Å². The molecule has 4 nitrogen and oxygen atoms in total. The van der Waals surface area contributed by atoms with Crippen molar-refractivity contribution in [3.8, 4) is 23.3 Å². The molecule has 0 bridgehead atoms. The van der Waals surface area contributed by atoms with Gasteiger partial charge in [0.25, 0.3) is 0 Å². The van der Waals surface area contributed by atoms with Crippen molar-refractivity contribution in [1.29, 1.82) is 0 Å². The first-order chi connectivity index (χ1) is 14.6. The third-order valence-electron chi connectivity index (χ3n) is 4.77. The summed E-state index contributed by atoms with van der Waals surface area (Å²) in [6, 6.07) is 12.0. The van der Waals surface area contributed by atoms with Crippen molar-refractivity contribution in [1.82, 2.24) is 4.90 Å². The fraction of sp³-hybridized carbons (Fsp3) is 0.308. The van der Waals surface area contributed by atoms with E-state index < -0.39 is 14.2 Å². The van der Waals surface area contributed by atoms with Crippen LogP contribution in [0.4, 0.5) is 4.79 Å². The summed E-state index contributed by atoms with van der Waals surface area (Å²) < 4.78 is 0. The van der Waals surface area contributed by atoms with E-state index in [1.54, 1.807) is 0 Å². The van der Waals surface area contributed by atoms with Crippen molar-refractivity contribution in [2.75, 3.05) is 13.1 Å². The van der Waals surface area contributed by atoms with Crippen LogP contribution in [0, 0.1) is 37.2 Å². The standard InChI is InChI=1S/C26H28N2O2Si/c1-19-15-21(18-22(16-19)11-14-31(3,4)5)7-8-23-9-10-24(17-20(23)2)25-27-12-6-13-28(25)26(29)30/h9-10,15-18H,6,12-13H2,1-5H3,(H,29,30). The minimum atomic E-state index is -1.43. The average Bonchev–Trinajstić information content (AvgIpc) is 2.70. The molecule has 2 aromatic rings. The number of carbonyl (C=O) groups is 1. The average molecular weight is 429 g/mol. The number of aliphatic imine (C=N–C) groups is 1. The number of carboxylic acid groups (broad SMARTS) is 1. The van der Waals surface area contributed by atoms with Gasteiger partial charge in [0, 0.05) is 35.3 Å². The molecule has 0 fully saturated rings. The summed E-state index contributed by atoms with van der Waals surface area (Å²) in [4.78, 5) is 17.3. The molecule has 1 aliphatic heterocycles. The predicted molar refractivity (Wildman–Crippen MR) is 129 cm³/mol. The summed E-state index contributed by atoms with van der Waals surface area (Å²) in [6.07, 6.45) is -0.216. The highest BCUT2D eigenvalue weighted by molar-refractivity contribution is 6.83. The van der Waals surface area contributed by atoms with E-state index in [0.717, 1.165) is 39.8 Å². The Bertz CT molecular complexity index is 1170. The van der Waals surface area contributed by atoms with Crippen molar-refractivity contribution in [3.63, 3.8) is 0 Å². The molecule has 31 heavy (non-hydrogen) atoms. The number of rotatable bonds is 1. The minimum Gasteiger partial charge on any atom is -0.465 e. The van der Waals surface area contributed by atoms with E-state index in [1.807, 2.05) is 31.2 Å². The van der Waals surface area contributed by atoms with Crippen LogP contribution in [0.2, 0.25) is 19.6 Å². The molecular formula is C26H28N2O2Si. The molecule has 1 amide bonds. The summed E-state index contributed by atoms with van der Waals surface area (Å²) >= 11 is 0. The number of hydrogen-bond acceptors (Lipinski definition) is 2. The molecule has 158 valence electrons. The zero-order valence-electron chi connectivity index (χ0n) is 18.8. The zero-order chi connectivity index (χ0) is 22.6. The Morgan fingerprint density at radius 2 is 1.74 bits per heavy atom. The second kappa shape index (κ2) is 9.25. The molecule has 0 saturated carbocycles. The predicted octanol–water partition coefficient (Wildman–Crippen LogP) is 5.06. The molecule has 3 rings (SSSR count). The van der Waals surface area contributed by atoms with Crippen LogP contribution in [0.1, 0.15) is 39.8 Å². The Morgan fingerprint density at radius 3 is 2.39 bits per heavy atom. The van der Waals surface area contributed by atoms with E-state index in [-0.39, 0.29) is 0 Å². The lowest BCUT2D eigenvalue weighted by molar-refractivity contribution is 0.167. The van der Waals surface area contributed by atoms with Crippen LogP contribution in [0.5, 0.6) is 0 Å². The molecule has 0 saturated heterocycles. The SMILES string of the molecule is Cc1cc(C#Cc2ccc(C3=NCCCN3C(=O)O)cc2C)cc(C#C[Si](C)(C)C)c1. The Labute approximate surface area is 186 Å². The molecule has 1 N–H and O–H groups in total. The molecule has 0 aliphatic carbocycles. The van der Waals surface area contributed by atoms with Crippen LogP contribution in [0.3, 0.4) is 0 Å². The fourth-order valence-electron chi connectivity index (χ4n) is 3.31. The van der Waals surface area contributed by atoms with Gasteiger partial charge in [0.1, 0.15) is 13.9 Å². The maximum atomic E-state index is 11.5. The molecule has 0 radical (unpaired) electrons. The van der Waals surface area contributed by atoms with E-state index in [1.165, 1.54) is 4.90 Å². The first-order valence-electron chi connectivity index (χ1n) is 10.5. The number of nitrogens with zero attached hydrogens (tertiary/aromatic N) is 2. The molecule has 0 unspecified atom stereocenters. The summed E-state index contributed by atoms with van der Waals surface area (Å²) in [6.45, 7) is 11.9. The van der Waals surface area contributed by atoms with Gasteiger partial charge in [0.05, 0.1) is 0 Å². The van der Waals surface area contributed by atoms with Crippen LogP contribution in [0.25, 0.3) is 0 Å². The molecule has 5 heteroatoms. The number of benzene rings is 2. The first kappa shape index (κ1) is 22.4. The molecular weight excluding hydrogens is 400 g/mol. The van der Waals surface area contributed by atoms with Gasteiger partial charge in [-0.1, -0.05) is 43.5 Å². The number of aryl methyl sites for hydroxylation is 2. The van der Waals surface area contributed by atoms with Gasteiger partial charge in [0.15, 0.2) is 0 Å². The molecule has 1 aliphatic rings. The second-order valence-electron chi connectivity index (χ2n) is 8.86. The summed E-state index contributed by atoms with van der Waals surface area (Å²) in [7, 11) is -1.43. The zero-order valence-corrected chi connectivity index (χ0v) is 19.8. The smallest absolute Gasteiger partial charge is 0.413 e. The second-order valence-corrected chi connectivity index (χ2v) is 13.6. The normalized spacial score (nSPS) is 13.5. The summed E-state index contributed by atoms with van der Waals surface area (Å²) in [5, 5.41) is 9.45. The highest BCUT2D eigenvalue weighted by Crippen LogP contribution is 2.17. The molecule has 2 aromatic carbocycles. The van der Waals surface area contributed by atoms with Crippen molar-refractivity contribution in [2.24, 2.45) is 4.99 Å².